The van der Waals surface area contributed by atoms with Crippen molar-refractivity contribution in [3.05, 3.63) is 52.7 Å². The average Bonchev–Trinajstić information content (AvgIpc) is 3.60. The first-order chi connectivity index (χ1) is 18.2. The molecule has 6 nitrogen and oxygen atoms in total. The van der Waals surface area contributed by atoms with Gasteiger partial charge in [0.15, 0.2) is 5.78 Å². The van der Waals surface area contributed by atoms with Crippen molar-refractivity contribution >= 4 is 28.0 Å². The summed E-state index contributed by atoms with van der Waals surface area (Å²) < 4.78 is 11.5. The Hall–Kier alpha value is -2.35. The molecular weight excluding hydrogens is 482 g/mol. The van der Waals surface area contributed by atoms with Crippen molar-refractivity contribution in [2.75, 3.05) is 32.9 Å². The zero-order valence-electron chi connectivity index (χ0n) is 21.6. The van der Waals surface area contributed by atoms with Crippen molar-refractivity contribution < 1.29 is 14.3 Å². The van der Waals surface area contributed by atoms with Crippen LogP contribution in [0.4, 0.5) is 0 Å². The molecule has 0 N–H and O–H groups in total. The molecule has 196 valence electrons. The van der Waals surface area contributed by atoms with E-state index in [0.717, 1.165) is 79.9 Å². The second-order valence-electron chi connectivity index (χ2n) is 11.1. The first-order valence-electron chi connectivity index (χ1n) is 14.0. The van der Waals surface area contributed by atoms with Gasteiger partial charge in [0.2, 0.25) is 0 Å². The first-order valence-corrected chi connectivity index (χ1v) is 14.8. The Morgan fingerprint density at radius 3 is 2.84 bits per heavy atom. The van der Waals surface area contributed by atoms with Crippen LogP contribution in [-0.2, 0) is 17.7 Å². The zero-order chi connectivity index (χ0) is 25.0. The van der Waals surface area contributed by atoms with Gasteiger partial charge in [0.1, 0.15) is 0 Å². The topological polar surface area (TPSA) is 64.6 Å². The van der Waals surface area contributed by atoms with Gasteiger partial charge < -0.3 is 9.47 Å². The predicted octanol–water partition coefficient (Wildman–Crippen LogP) is 5.93. The molecule has 3 aromatic rings. The van der Waals surface area contributed by atoms with Crippen LogP contribution in [0.1, 0.15) is 65.9 Å². The molecule has 3 aliphatic rings. The maximum atomic E-state index is 13.1. The molecule has 1 aromatic carbocycles. The second-order valence-corrected chi connectivity index (χ2v) is 12.1. The fourth-order valence-electron chi connectivity index (χ4n) is 6.19. The molecule has 0 radical (unpaired) electrons. The highest BCUT2D eigenvalue weighted by Crippen LogP contribution is 2.35. The highest BCUT2D eigenvalue weighted by molar-refractivity contribution is 7.13. The Labute approximate surface area is 223 Å². The Kier molecular flexibility index (Phi) is 7.81. The maximum absolute atomic E-state index is 13.1. The van der Waals surface area contributed by atoms with Crippen molar-refractivity contribution in [2.45, 2.75) is 57.9 Å². The van der Waals surface area contributed by atoms with Gasteiger partial charge in [0, 0.05) is 54.1 Å². The molecule has 1 atom stereocenters. The van der Waals surface area contributed by atoms with Gasteiger partial charge in [0.05, 0.1) is 24.4 Å². The molecular formula is C30H37N3O3S. The number of carbonyl (C=O) groups is 1. The van der Waals surface area contributed by atoms with E-state index < -0.39 is 0 Å². The zero-order valence-corrected chi connectivity index (χ0v) is 22.4. The molecule has 1 saturated carbocycles. The molecule has 7 heteroatoms. The van der Waals surface area contributed by atoms with E-state index in [2.05, 4.69) is 9.88 Å². The number of hydrogen-bond acceptors (Lipinski definition) is 7. The Bertz CT molecular complexity index is 1210. The number of thiazole rings is 1. The van der Waals surface area contributed by atoms with Crippen LogP contribution in [-0.4, -0.2) is 53.6 Å². The Morgan fingerprint density at radius 1 is 1.08 bits per heavy atom. The number of hydrogen-bond donors (Lipinski definition) is 0. The van der Waals surface area contributed by atoms with Crippen LogP contribution in [0.25, 0.3) is 10.9 Å². The van der Waals surface area contributed by atoms with Gasteiger partial charge in [-0.05, 0) is 62.6 Å². The third-order valence-electron chi connectivity index (χ3n) is 8.49. The van der Waals surface area contributed by atoms with Gasteiger partial charge in [-0.2, -0.15) is 0 Å². The van der Waals surface area contributed by atoms with Gasteiger partial charge in [-0.3, -0.25) is 14.7 Å². The number of aromatic nitrogens is 2. The van der Waals surface area contributed by atoms with Gasteiger partial charge in [-0.1, -0.05) is 42.4 Å². The van der Waals surface area contributed by atoms with Crippen molar-refractivity contribution in [3.63, 3.8) is 0 Å². The number of ketones is 1. The van der Waals surface area contributed by atoms with Crippen LogP contribution in [0.3, 0.4) is 0 Å². The summed E-state index contributed by atoms with van der Waals surface area (Å²) >= 11 is 1.74. The third kappa shape index (κ3) is 6.05. The van der Waals surface area contributed by atoms with E-state index in [-0.39, 0.29) is 5.78 Å². The first kappa shape index (κ1) is 25.0. The lowest BCUT2D eigenvalue weighted by atomic mass is 9.78. The summed E-state index contributed by atoms with van der Waals surface area (Å²) in [7, 11) is 0. The van der Waals surface area contributed by atoms with Gasteiger partial charge in [-0.25, -0.2) is 4.98 Å². The SMILES string of the molecule is O=C(CC1CCC(CCN2CCc3sc(OCC4CCOC4)nc3C2)CC1)c1cccc2ncccc12. The van der Waals surface area contributed by atoms with E-state index in [1.54, 1.807) is 17.5 Å². The summed E-state index contributed by atoms with van der Waals surface area (Å²) in [4.78, 5) is 26.3. The normalized spacial score (nSPS) is 24.3. The van der Waals surface area contributed by atoms with Gasteiger partial charge in [-0.15, -0.1) is 0 Å². The molecule has 4 heterocycles. The fourth-order valence-corrected chi connectivity index (χ4v) is 7.11. The summed E-state index contributed by atoms with van der Waals surface area (Å²) in [6.45, 7) is 5.62. The smallest absolute Gasteiger partial charge is 0.273 e. The number of fused-ring (bicyclic) bond motifs is 2. The van der Waals surface area contributed by atoms with Crippen LogP contribution in [0.15, 0.2) is 36.5 Å². The molecule has 2 aromatic heterocycles. The van der Waals surface area contributed by atoms with Gasteiger partial charge >= 0.3 is 0 Å². The number of rotatable bonds is 9. The summed E-state index contributed by atoms with van der Waals surface area (Å²) in [6.07, 6.45) is 10.7. The van der Waals surface area contributed by atoms with E-state index in [1.807, 2.05) is 30.3 Å². The monoisotopic (exact) mass is 519 g/mol. The number of pyridine rings is 1. The van der Waals surface area contributed by atoms with Crippen molar-refractivity contribution in [3.8, 4) is 5.19 Å². The number of nitrogens with zero attached hydrogens (tertiary/aromatic N) is 3. The summed E-state index contributed by atoms with van der Waals surface area (Å²) in [5, 5.41) is 1.82. The molecule has 2 aliphatic heterocycles. The standard InChI is InChI=1S/C30H37N3O3S/c34-28(25-3-1-5-26-24(25)4-2-13-31-26)17-22-8-6-21(7-9-22)10-14-33-15-11-29-27(18-33)32-30(37-29)36-20-23-12-16-35-19-23/h1-5,13,21-23H,6-12,14-20H2. The molecule has 0 spiro atoms. The quantitative estimate of drug-likeness (QED) is 0.326. The minimum atomic E-state index is 0.273. The summed E-state index contributed by atoms with van der Waals surface area (Å²) in [6, 6.07) is 9.83. The van der Waals surface area contributed by atoms with E-state index in [9.17, 15) is 4.79 Å². The average molecular weight is 520 g/mol. The summed E-state index contributed by atoms with van der Waals surface area (Å²) in [5.41, 5.74) is 2.96. The highest BCUT2D eigenvalue weighted by Gasteiger charge is 2.26. The number of benzene rings is 1. The molecule has 1 unspecified atom stereocenters. The lowest BCUT2D eigenvalue weighted by Gasteiger charge is -2.31. The Morgan fingerprint density at radius 2 is 1.97 bits per heavy atom. The van der Waals surface area contributed by atoms with Crippen LogP contribution in [0.5, 0.6) is 5.19 Å². The maximum Gasteiger partial charge on any atom is 0.273 e. The molecule has 37 heavy (non-hydrogen) atoms. The lowest BCUT2D eigenvalue weighted by Crippen LogP contribution is -2.32. The van der Waals surface area contributed by atoms with Crippen molar-refractivity contribution in [2.24, 2.45) is 17.8 Å². The molecule has 6 rings (SSSR count). The van der Waals surface area contributed by atoms with Crippen LogP contribution < -0.4 is 4.74 Å². The molecule has 0 amide bonds. The van der Waals surface area contributed by atoms with Gasteiger partial charge in [0.25, 0.3) is 5.19 Å². The summed E-state index contributed by atoms with van der Waals surface area (Å²) in [5.74, 6) is 2.07. The molecule has 1 saturated heterocycles. The fraction of sp³-hybridized carbons (Fsp3) is 0.567. The third-order valence-corrected chi connectivity index (χ3v) is 9.56. The number of ether oxygens (including phenoxy) is 2. The largest absolute Gasteiger partial charge is 0.470 e. The van der Waals surface area contributed by atoms with Crippen molar-refractivity contribution in [1.29, 1.82) is 0 Å². The van der Waals surface area contributed by atoms with Crippen LogP contribution in [0.2, 0.25) is 0 Å². The van der Waals surface area contributed by atoms with Crippen LogP contribution in [0, 0.1) is 17.8 Å². The molecule has 1 aliphatic carbocycles. The van der Waals surface area contributed by atoms with E-state index in [1.165, 1.54) is 42.7 Å². The number of Topliss-reactive ketones (excluding diaryl/α,β-unsaturated/α-hetero) is 1. The van der Waals surface area contributed by atoms with E-state index in [4.69, 9.17) is 14.5 Å². The molecule has 2 fully saturated rings. The second kappa shape index (κ2) is 11.6. The number of carbonyl (C=O) groups excluding carboxylic acids is 1. The molecule has 0 bridgehead atoms. The highest BCUT2D eigenvalue weighted by atomic mass is 32.1. The lowest BCUT2D eigenvalue weighted by molar-refractivity contribution is 0.0941. The minimum absolute atomic E-state index is 0.273. The Balaban J connectivity index is 0.937. The van der Waals surface area contributed by atoms with E-state index >= 15 is 0 Å². The van der Waals surface area contributed by atoms with Crippen LogP contribution >= 0.6 is 11.3 Å². The van der Waals surface area contributed by atoms with Crippen molar-refractivity contribution in [1.82, 2.24) is 14.9 Å². The predicted molar refractivity (Wildman–Crippen MR) is 146 cm³/mol. The van der Waals surface area contributed by atoms with E-state index in [0.29, 0.717) is 18.3 Å². The minimum Gasteiger partial charge on any atom is -0.470 e.